The van der Waals surface area contributed by atoms with Crippen molar-refractivity contribution in [3.05, 3.63) is 87.5 Å². The summed E-state index contributed by atoms with van der Waals surface area (Å²) >= 11 is 0. The van der Waals surface area contributed by atoms with Gasteiger partial charge in [-0.05, 0) is 101 Å². The average molecular weight is 664 g/mol. The number of aliphatic hydroxyl groups excluding tert-OH is 2. The average Bonchev–Trinajstić information content (AvgIpc) is 3.31. The first-order valence-electron chi connectivity index (χ1n) is 17.8. The molecule has 1 heterocycles. The van der Waals surface area contributed by atoms with E-state index in [1.807, 2.05) is 0 Å². The summed E-state index contributed by atoms with van der Waals surface area (Å²) in [6.45, 7) is 12.9. The molecule has 45 heavy (non-hydrogen) atoms. The van der Waals surface area contributed by atoms with Gasteiger partial charge < -0.3 is 15.7 Å². The van der Waals surface area contributed by atoms with E-state index in [0.29, 0.717) is 0 Å². The standard InChI is InChI=1S/C36H52N2.2C2H6O.Ni/c1-5-9-13-14-15-16-26-34-33(25-12-8-4)35(31-23-17-21-29(27-31)19-10-6-2)38(37)36(34)32-24-18-22-30(28-32)20-11-7-3;2*1-2-3;/h17-18,21-24,27-28H,5-16,19-20,25-26H2,1-4H3;2*3H,2H2,1H3;. The van der Waals surface area contributed by atoms with Crippen LogP contribution in [0.15, 0.2) is 59.7 Å². The van der Waals surface area contributed by atoms with Gasteiger partial charge in [0, 0.05) is 52.0 Å². The van der Waals surface area contributed by atoms with Gasteiger partial charge in [0.2, 0.25) is 11.4 Å². The quantitative estimate of drug-likeness (QED) is 0.0947. The predicted octanol–water partition coefficient (Wildman–Crippen LogP) is 11.5. The molecule has 0 unspecified atom stereocenters. The fourth-order valence-corrected chi connectivity index (χ4v) is 5.73. The second-order valence-electron chi connectivity index (χ2n) is 11.8. The molecule has 256 valence electrons. The van der Waals surface area contributed by atoms with Crippen molar-refractivity contribution < 1.29 is 31.4 Å². The third-order valence-corrected chi connectivity index (χ3v) is 7.96. The number of aryl methyl sites for hydroxylation is 2. The van der Waals surface area contributed by atoms with Gasteiger partial charge >= 0.3 is 0 Å². The van der Waals surface area contributed by atoms with E-state index < -0.39 is 0 Å². The molecule has 0 fully saturated rings. The van der Waals surface area contributed by atoms with E-state index in [1.54, 1.807) is 18.5 Å². The summed E-state index contributed by atoms with van der Waals surface area (Å²) in [5, 5.41) is 15.1. The molecule has 2 N–H and O–H groups in total. The fraction of sp³-hybridized carbons (Fsp3) is 0.600. The largest absolute Gasteiger partial charge is 0.493 e. The third kappa shape index (κ3) is 15.4. The fourth-order valence-electron chi connectivity index (χ4n) is 5.73. The Morgan fingerprint density at radius 2 is 0.867 bits per heavy atom. The summed E-state index contributed by atoms with van der Waals surface area (Å²) in [6, 6.07) is 17.9. The maximum Gasteiger partial charge on any atom is 0.211 e. The van der Waals surface area contributed by atoms with Crippen molar-refractivity contribution in [3.8, 4) is 0 Å². The summed E-state index contributed by atoms with van der Waals surface area (Å²) in [5.74, 6) is 0. The molecule has 1 aliphatic rings. The molecular weight excluding hydrogens is 599 g/mol. The monoisotopic (exact) mass is 662 g/mol. The van der Waals surface area contributed by atoms with E-state index in [9.17, 15) is 5.53 Å². The van der Waals surface area contributed by atoms with E-state index in [0.717, 1.165) is 61.0 Å². The molecule has 0 aliphatic carbocycles. The number of rotatable bonds is 18. The minimum Gasteiger partial charge on any atom is -0.493 e. The summed E-state index contributed by atoms with van der Waals surface area (Å²) in [6.07, 6.45) is 19.1. The molecule has 2 aromatic carbocycles. The number of unbranched alkanes of at least 4 members (excludes halogenated alkanes) is 8. The molecule has 0 amide bonds. The van der Waals surface area contributed by atoms with Gasteiger partial charge in [-0.2, -0.15) is 0 Å². The van der Waals surface area contributed by atoms with Crippen molar-refractivity contribution in [1.82, 2.24) is 0 Å². The Kier molecular flexibility index (Phi) is 25.8. The van der Waals surface area contributed by atoms with Crippen LogP contribution >= 0.6 is 0 Å². The molecule has 0 bridgehead atoms. The Labute approximate surface area is 286 Å². The van der Waals surface area contributed by atoms with E-state index in [2.05, 4.69) is 76.2 Å². The van der Waals surface area contributed by atoms with Crippen LogP contribution in [0.5, 0.6) is 0 Å². The maximum absolute atomic E-state index is 11.9. The van der Waals surface area contributed by atoms with Crippen molar-refractivity contribution in [2.75, 3.05) is 13.2 Å². The SMILES string of the molecule is CCCCCCCCC1=C(c2cccc(CCCC)c2)[N+](=[N-])C(c2cccc(CCCC)c2)=C1CCCC.CCO.CCO.[Ni]. The van der Waals surface area contributed by atoms with Crippen molar-refractivity contribution in [2.45, 2.75) is 144 Å². The second-order valence-corrected chi connectivity index (χ2v) is 11.8. The smallest absolute Gasteiger partial charge is 0.211 e. The molecule has 5 heteroatoms. The van der Waals surface area contributed by atoms with Crippen LogP contribution in [0.3, 0.4) is 0 Å². The minimum absolute atomic E-state index is 0. The van der Waals surface area contributed by atoms with Crippen LogP contribution in [0.2, 0.25) is 0 Å². The van der Waals surface area contributed by atoms with Gasteiger partial charge in [-0.25, -0.2) is 4.70 Å². The van der Waals surface area contributed by atoms with E-state index >= 15 is 0 Å². The molecule has 0 radical (unpaired) electrons. The summed E-state index contributed by atoms with van der Waals surface area (Å²) in [7, 11) is 0. The summed E-state index contributed by atoms with van der Waals surface area (Å²) < 4.78 is 1.56. The zero-order chi connectivity index (χ0) is 32.6. The van der Waals surface area contributed by atoms with Gasteiger partial charge in [-0.3, -0.25) is 0 Å². The number of nitrogens with zero attached hydrogens (tertiary/aromatic N) is 2. The van der Waals surface area contributed by atoms with Gasteiger partial charge in [0.1, 0.15) is 0 Å². The Hall–Kier alpha value is -2.07. The van der Waals surface area contributed by atoms with E-state index in [-0.39, 0.29) is 29.7 Å². The van der Waals surface area contributed by atoms with E-state index in [1.165, 1.54) is 86.5 Å². The maximum atomic E-state index is 11.9. The van der Waals surface area contributed by atoms with Crippen LogP contribution in [0.25, 0.3) is 16.9 Å². The molecule has 0 atom stereocenters. The molecule has 0 spiro atoms. The normalized spacial score (nSPS) is 12.4. The van der Waals surface area contributed by atoms with Crippen molar-refractivity contribution in [3.63, 3.8) is 0 Å². The number of hydrogen-bond donors (Lipinski definition) is 2. The van der Waals surface area contributed by atoms with Gasteiger partial charge in [0.25, 0.3) is 0 Å². The third-order valence-electron chi connectivity index (χ3n) is 7.96. The van der Waals surface area contributed by atoms with Crippen molar-refractivity contribution >= 4 is 11.4 Å². The van der Waals surface area contributed by atoms with Crippen molar-refractivity contribution in [2.24, 2.45) is 0 Å². The van der Waals surface area contributed by atoms with Crippen LogP contribution in [0, 0.1) is 0 Å². The molecule has 0 aromatic heterocycles. The van der Waals surface area contributed by atoms with Crippen LogP contribution in [-0.4, -0.2) is 28.1 Å². The molecule has 3 rings (SSSR count). The Morgan fingerprint density at radius 1 is 0.511 bits per heavy atom. The zero-order valence-corrected chi connectivity index (χ0v) is 30.4. The zero-order valence-electron chi connectivity index (χ0n) is 29.5. The predicted molar refractivity (Wildman–Crippen MR) is 191 cm³/mol. The summed E-state index contributed by atoms with van der Waals surface area (Å²) in [4.78, 5) is 0. The van der Waals surface area contributed by atoms with Crippen LogP contribution in [-0.2, 0) is 29.3 Å². The van der Waals surface area contributed by atoms with Crippen molar-refractivity contribution in [1.29, 1.82) is 0 Å². The topological polar surface area (TPSA) is 65.8 Å². The van der Waals surface area contributed by atoms with Crippen LogP contribution < -0.4 is 0 Å². The Morgan fingerprint density at radius 3 is 1.29 bits per heavy atom. The molecule has 4 nitrogen and oxygen atoms in total. The van der Waals surface area contributed by atoms with Crippen LogP contribution in [0.1, 0.15) is 154 Å². The van der Waals surface area contributed by atoms with Gasteiger partial charge in [0.15, 0.2) is 0 Å². The molecule has 0 saturated carbocycles. The van der Waals surface area contributed by atoms with Gasteiger partial charge in [-0.1, -0.05) is 103 Å². The number of aliphatic hydroxyl groups is 2. The first-order valence-corrected chi connectivity index (χ1v) is 17.8. The first kappa shape index (κ1) is 42.9. The van der Waals surface area contributed by atoms with Gasteiger partial charge in [-0.15, -0.1) is 0 Å². The van der Waals surface area contributed by atoms with Gasteiger partial charge in [0.05, 0.1) is 0 Å². The summed E-state index contributed by atoms with van der Waals surface area (Å²) in [5.41, 5.74) is 21.8. The molecular formula is C40H64N2NiO2. The molecule has 2 aromatic rings. The first-order chi connectivity index (χ1) is 21.5. The minimum atomic E-state index is 0. The van der Waals surface area contributed by atoms with E-state index in [4.69, 9.17) is 10.2 Å². The number of benzene rings is 2. The number of allylic oxidation sites excluding steroid dienone is 2. The molecule has 1 aliphatic heterocycles. The second kappa shape index (κ2) is 27.1. The Balaban J connectivity index is 0.00000256. The molecule has 0 saturated heterocycles. The Bertz CT molecular complexity index is 1140. The van der Waals surface area contributed by atoms with Crippen LogP contribution in [0.4, 0.5) is 0 Å². The number of hydrogen-bond acceptors (Lipinski definition) is 2.